The van der Waals surface area contributed by atoms with Crippen LogP contribution < -0.4 is 4.74 Å². The molecule has 1 amide bonds. The van der Waals surface area contributed by atoms with E-state index in [1.54, 1.807) is 19.9 Å². The summed E-state index contributed by atoms with van der Waals surface area (Å²) in [4.78, 5) is 17.4. The number of aryl methyl sites for hydroxylation is 1. The first kappa shape index (κ1) is 22.6. The molecule has 3 heterocycles. The summed E-state index contributed by atoms with van der Waals surface area (Å²) >= 11 is 0. The van der Waals surface area contributed by atoms with Crippen molar-refractivity contribution in [1.82, 2.24) is 19.6 Å². The maximum atomic E-state index is 13.3. The van der Waals surface area contributed by atoms with Gasteiger partial charge in [0.25, 0.3) is 5.91 Å². The molecule has 0 bridgehead atoms. The Labute approximate surface area is 184 Å². The molecule has 2 fully saturated rings. The minimum Gasteiger partial charge on any atom is -0.406 e. The number of amides is 1. The maximum Gasteiger partial charge on any atom is 0.573 e. The summed E-state index contributed by atoms with van der Waals surface area (Å²) in [5.41, 5.74) is 1.93. The summed E-state index contributed by atoms with van der Waals surface area (Å²) in [6.07, 6.45) is -1.91. The van der Waals surface area contributed by atoms with Crippen LogP contribution in [0.25, 0.3) is 5.69 Å². The Kier molecular flexibility index (Phi) is 6.17. The lowest BCUT2D eigenvalue weighted by molar-refractivity contribution is -0.274. The van der Waals surface area contributed by atoms with E-state index in [1.807, 2.05) is 4.90 Å². The standard InChI is InChI=1S/C22H27F3N4O3/c1-14-20(21(31)27-10-8-17(12-27)28-9-4-6-18(28)13-30)15(2)29(26-14)16-5-3-7-19(11-16)32-22(23,24)25/h3,5,7,11,17-18,30H,4,6,8-10,12-13H2,1-2H3/t17?,18-/m1/s1. The Morgan fingerprint density at radius 3 is 2.75 bits per heavy atom. The molecule has 1 aromatic carbocycles. The molecule has 4 rings (SSSR count). The number of carbonyl (C=O) groups excluding carboxylic acids is 1. The first-order chi connectivity index (χ1) is 15.2. The van der Waals surface area contributed by atoms with Crippen LogP contribution in [0, 0.1) is 13.8 Å². The summed E-state index contributed by atoms with van der Waals surface area (Å²) in [5.74, 6) is -0.474. The molecule has 1 aromatic heterocycles. The van der Waals surface area contributed by atoms with Crippen molar-refractivity contribution in [2.45, 2.75) is 51.6 Å². The van der Waals surface area contributed by atoms with Gasteiger partial charge in [-0.3, -0.25) is 9.69 Å². The zero-order chi connectivity index (χ0) is 23.0. The smallest absolute Gasteiger partial charge is 0.406 e. The average molecular weight is 452 g/mol. The number of likely N-dealkylation sites (tertiary alicyclic amines) is 2. The second kappa shape index (κ2) is 8.74. The number of benzene rings is 1. The lowest BCUT2D eigenvalue weighted by atomic mass is 10.1. The van der Waals surface area contributed by atoms with E-state index in [2.05, 4.69) is 14.7 Å². The van der Waals surface area contributed by atoms with E-state index >= 15 is 0 Å². The number of aliphatic hydroxyl groups is 1. The molecule has 174 valence electrons. The van der Waals surface area contributed by atoms with E-state index in [4.69, 9.17) is 0 Å². The van der Waals surface area contributed by atoms with Gasteiger partial charge in [-0.1, -0.05) is 6.07 Å². The molecule has 2 aliphatic heterocycles. The van der Waals surface area contributed by atoms with Gasteiger partial charge in [-0.15, -0.1) is 13.2 Å². The third kappa shape index (κ3) is 4.47. The summed E-state index contributed by atoms with van der Waals surface area (Å²) in [6.45, 7) is 5.74. The highest BCUT2D eigenvalue weighted by atomic mass is 19.4. The van der Waals surface area contributed by atoms with Gasteiger partial charge in [0, 0.05) is 31.2 Å². The maximum absolute atomic E-state index is 13.3. The third-order valence-electron chi connectivity index (χ3n) is 6.35. The van der Waals surface area contributed by atoms with Crippen molar-refractivity contribution in [2.75, 3.05) is 26.2 Å². The largest absolute Gasteiger partial charge is 0.573 e. The number of nitrogens with zero attached hydrogens (tertiary/aromatic N) is 4. The number of aliphatic hydroxyl groups excluding tert-OH is 1. The Hall–Kier alpha value is -2.59. The van der Waals surface area contributed by atoms with E-state index in [0.29, 0.717) is 35.7 Å². The summed E-state index contributed by atoms with van der Waals surface area (Å²) < 4.78 is 43.2. The van der Waals surface area contributed by atoms with Crippen molar-refractivity contribution < 1.29 is 27.8 Å². The van der Waals surface area contributed by atoms with Crippen LogP contribution in [-0.4, -0.2) is 75.3 Å². The molecular weight excluding hydrogens is 425 g/mol. The topological polar surface area (TPSA) is 70.8 Å². The average Bonchev–Trinajstić information content (AvgIpc) is 3.44. The fourth-order valence-corrected chi connectivity index (χ4v) is 4.91. The molecule has 32 heavy (non-hydrogen) atoms. The fourth-order valence-electron chi connectivity index (χ4n) is 4.91. The number of hydrogen-bond donors (Lipinski definition) is 1. The Morgan fingerprint density at radius 2 is 2.03 bits per heavy atom. The molecule has 10 heteroatoms. The van der Waals surface area contributed by atoms with Crippen molar-refractivity contribution in [1.29, 1.82) is 0 Å². The molecule has 2 aromatic rings. The summed E-state index contributed by atoms with van der Waals surface area (Å²) in [5, 5.41) is 14.0. The van der Waals surface area contributed by atoms with E-state index in [0.717, 1.165) is 25.8 Å². The van der Waals surface area contributed by atoms with Gasteiger partial charge in [0.2, 0.25) is 0 Å². The van der Waals surface area contributed by atoms with Crippen LogP contribution in [0.3, 0.4) is 0 Å². The Balaban J connectivity index is 1.54. The third-order valence-corrected chi connectivity index (χ3v) is 6.35. The molecule has 0 spiro atoms. The Morgan fingerprint density at radius 1 is 1.25 bits per heavy atom. The number of rotatable bonds is 5. The SMILES string of the molecule is Cc1nn(-c2cccc(OC(F)(F)F)c2)c(C)c1C(=O)N1CCC(N2CCC[C@@H]2CO)C1. The van der Waals surface area contributed by atoms with Gasteiger partial charge in [-0.05, 0) is 51.8 Å². The molecule has 2 aliphatic rings. The van der Waals surface area contributed by atoms with Gasteiger partial charge < -0.3 is 14.7 Å². The van der Waals surface area contributed by atoms with Crippen LogP contribution in [0.4, 0.5) is 13.2 Å². The monoisotopic (exact) mass is 452 g/mol. The number of alkyl halides is 3. The van der Waals surface area contributed by atoms with Crippen molar-refractivity contribution in [3.63, 3.8) is 0 Å². The van der Waals surface area contributed by atoms with Gasteiger partial charge in [-0.2, -0.15) is 5.10 Å². The zero-order valence-electron chi connectivity index (χ0n) is 18.1. The Bertz CT molecular complexity index is 991. The van der Waals surface area contributed by atoms with E-state index in [-0.39, 0.29) is 30.3 Å². The molecule has 7 nitrogen and oxygen atoms in total. The lowest BCUT2D eigenvalue weighted by Crippen LogP contribution is -2.43. The van der Waals surface area contributed by atoms with Gasteiger partial charge in [-0.25, -0.2) is 4.68 Å². The first-order valence-electron chi connectivity index (χ1n) is 10.8. The van der Waals surface area contributed by atoms with Crippen molar-refractivity contribution in [2.24, 2.45) is 0 Å². The molecule has 2 saturated heterocycles. The van der Waals surface area contributed by atoms with Crippen molar-refractivity contribution in [3.05, 3.63) is 41.2 Å². The highest BCUT2D eigenvalue weighted by molar-refractivity contribution is 5.96. The molecule has 0 radical (unpaired) electrons. The molecule has 1 unspecified atom stereocenters. The normalized spacial score (nSPS) is 22.0. The number of carbonyl (C=O) groups is 1. The van der Waals surface area contributed by atoms with Gasteiger partial charge in [0.1, 0.15) is 5.75 Å². The van der Waals surface area contributed by atoms with Crippen LogP contribution in [-0.2, 0) is 0 Å². The van der Waals surface area contributed by atoms with Crippen molar-refractivity contribution in [3.8, 4) is 11.4 Å². The quantitative estimate of drug-likeness (QED) is 0.755. The van der Waals surface area contributed by atoms with E-state index in [1.165, 1.54) is 22.9 Å². The molecule has 2 atom stereocenters. The number of ether oxygens (including phenoxy) is 1. The highest BCUT2D eigenvalue weighted by Crippen LogP contribution is 2.29. The molecule has 1 N–H and O–H groups in total. The first-order valence-corrected chi connectivity index (χ1v) is 10.8. The van der Waals surface area contributed by atoms with E-state index < -0.39 is 6.36 Å². The highest BCUT2D eigenvalue weighted by Gasteiger charge is 2.37. The second-order valence-corrected chi connectivity index (χ2v) is 8.41. The number of hydrogen-bond acceptors (Lipinski definition) is 5. The van der Waals surface area contributed by atoms with E-state index in [9.17, 15) is 23.1 Å². The van der Waals surface area contributed by atoms with Gasteiger partial charge in [0.15, 0.2) is 0 Å². The number of halogens is 3. The van der Waals surface area contributed by atoms with Crippen LogP contribution >= 0.6 is 0 Å². The molecule has 0 saturated carbocycles. The van der Waals surface area contributed by atoms with Crippen LogP contribution in [0.5, 0.6) is 5.75 Å². The lowest BCUT2D eigenvalue weighted by Gasteiger charge is -2.29. The summed E-state index contributed by atoms with van der Waals surface area (Å²) in [6, 6.07) is 5.92. The van der Waals surface area contributed by atoms with Crippen LogP contribution in [0.15, 0.2) is 24.3 Å². The fraction of sp³-hybridized carbons (Fsp3) is 0.545. The van der Waals surface area contributed by atoms with Gasteiger partial charge >= 0.3 is 6.36 Å². The van der Waals surface area contributed by atoms with Gasteiger partial charge in [0.05, 0.1) is 29.2 Å². The molecular formula is C22H27F3N4O3. The second-order valence-electron chi connectivity index (χ2n) is 8.41. The molecule has 0 aliphatic carbocycles. The van der Waals surface area contributed by atoms with Crippen LogP contribution in [0.1, 0.15) is 41.0 Å². The zero-order valence-corrected chi connectivity index (χ0v) is 18.1. The predicted molar refractivity (Wildman–Crippen MR) is 111 cm³/mol. The minimum absolute atomic E-state index is 0.129. The van der Waals surface area contributed by atoms with Crippen LogP contribution in [0.2, 0.25) is 0 Å². The predicted octanol–water partition coefficient (Wildman–Crippen LogP) is 3.06. The summed E-state index contributed by atoms with van der Waals surface area (Å²) in [7, 11) is 0. The van der Waals surface area contributed by atoms with Crippen molar-refractivity contribution >= 4 is 5.91 Å². The number of aromatic nitrogens is 2. The minimum atomic E-state index is -4.79.